The molecular weight excluding hydrogens is 352 g/mol. The van der Waals surface area contributed by atoms with Crippen molar-refractivity contribution in [2.24, 2.45) is 0 Å². The summed E-state index contributed by atoms with van der Waals surface area (Å²) >= 11 is 1.29. The van der Waals surface area contributed by atoms with Crippen molar-refractivity contribution in [1.29, 1.82) is 0 Å². The van der Waals surface area contributed by atoms with Gasteiger partial charge in [-0.25, -0.2) is 0 Å². The summed E-state index contributed by atoms with van der Waals surface area (Å²) in [4.78, 5) is 25.4. The minimum absolute atomic E-state index is 0.0478. The van der Waals surface area contributed by atoms with Crippen molar-refractivity contribution >= 4 is 27.5 Å². The summed E-state index contributed by atoms with van der Waals surface area (Å²) in [6.07, 6.45) is 1.16. The van der Waals surface area contributed by atoms with Gasteiger partial charge in [0.25, 0.3) is 11.5 Å². The largest absolute Gasteiger partial charge is 0.505 e. The van der Waals surface area contributed by atoms with Gasteiger partial charge < -0.3 is 20.1 Å². The topological polar surface area (TPSA) is 91.6 Å². The molecule has 0 atom stereocenters. The number of hydrogen-bond acceptors (Lipinski definition) is 5. The molecule has 6 nitrogen and oxygen atoms in total. The van der Waals surface area contributed by atoms with Crippen LogP contribution in [0.5, 0.6) is 5.75 Å². The van der Waals surface area contributed by atoms with Gasteiger partial charge in [-0.15, -0.1) is 11.3 Å². The minimum atomic E-state index is -0.595. The highest BCUT2D eigenvalue weighted by molar-refractivity contribution is 7.17. The molecule has 0 aliphatic rings. The second-order valence-electron chi connectivity index (χ2n) is 5.92. The van der Waals surface area contributed by atoms with E-state index in [1.165, 1.54) is 15.9 Å². The molecule has 3 aromatic rings. The van der Waals surface area contributed by atoms with Gasteiger partial charge in [-0.3, -0.25) is 9.59 Å². The number of aliphatic hydroxyl groups excluding tert-OH is 1. The molecule has 2 aromatic heterocycles. The van der Waals surface area contributed by atoms with E-state index < -0.39 is 11.5 Å². The third-order valence-corrected chi connectivity index (χ3v) is 5.04. The van der Waals surface area contributed by atoms with Gasteiger partial charge >= 0.3 is 0 Å². The fourth-order valence-corrected chi connectivity index (χ4v) is 3.65. The van der Waals surface area contributed by atoms with Crippen molar-refractivity contribution in [3.05, 3.63) is 63.3 Å². The Kier molecular flexibility index (Phi) is 5.70. The quantitative estimate of drug-likeness (QED) is 0.555. The number of carbonyl (C=O) groups excluding carboxylic acids is 1. The number of hydrogen-bond donors (Lipinski definition) is 3. The van der Waals surface area contributed by atoms with Crippen LogP contribution in [0.1, 0.15) is 28.8 Å². The van der Waals surface area contributed by atoms with E-state index in [-0.39, 0.29) is 17.9 Å². The molecule has 0 unspecified atom stereocenters. The highest BCUT2D eigenvalue weighted by atomic mass is 32.1. The van der Waals surface area contributed by atoms with Crippen molar-refractivity contribution in [2.45, 2.75) is 19.4 Å². The Balaban J connectivity index is 2.01. The molecular formula is C19H20N2O4S. The van der Waals surface area contributed by atoms with Crippen LogP contribution in [-0.4, -0.2) is 33.8 Å². The Labute approximate surface area is 154 Å². The number of rotatable bonds is 7. The number of unbranched alkanes of at least 4 members (excludes halogenated alkanes) is 1. The van der Waals surface area contributed by atoms with Crippen LogP contribution in [0.4, 0.5) is 0 Å². The van der Waals surface area contributed by atoms with Crippen LogP contribution >= 0.6 is 11.3 Å². The minimum Gasteiger partial charge on any atom is -0.505 e. The SMILES string of the molecule is O=C(NCCCCO)c1c(O)c2sccc2n(Cc2ccccc2)c1=O. The Morgan fingerprint density at radius 2 is 1.92 bits per heavy atom. The lowest BCUT2D eigenvalue weighted by Gasteiger charge is -2.13. The second-order valence-corrected chi connectivity index (χ2v) is 6.84. The monoisotopic (exact) mass is 372 g/mol. The van der Waals surface area contributed by atoms with E-state index in [1.807, 2.05) is 30.3 Å². The molecule has 0 aliphatic carbocycles. The fraction of sp³-hybridized carbons (Fsp3) is 0.263. The number of aliphatic hydroxyl groups is 1. The highest BCUT2D eigenvalue weighted by Gasteiger charge is 2.22. The normalized spacial score (nSPS) is 11.0. The lowest BCUT2D eigenvalue weighted by atomic mass is 10.1. The molecule has 7 heteroatoms. The summed E-state index contributed by atoms with van der Waals surface area (Å²) < 4.78 is 2.03. The van der Waals surface area contributed by atoms with Crippen LogP contribution < -0.4 is 10.9 Å². The van der Waals surface area contributed by atoms with Crippen LogP contribution in [-0.2, 0) is 6.54 Å². The third kappa shape index (κ3) is 3.63. The molecule has 2 heterocycles. The average molecular weight is 372 g/mol. The van der Waals surface area contributed by atoms with E-state index in [4.69, 9.17) is 5.11 Å². The van der Waals surface area contributed by atoms with Crippen LogP contribution in [0.25, 0.3) is 10.2 Å². The zero-order valence-electron chi connectivity index (χ0n) is 14.1. The number of nitrogens with one attached hydrogen (secondary N) is 1. The first-order chi connectivity index (χ1) is 12.6. The molecule has 0 radical (unpaired) electrons. The van der Waals surface area contributed by atoms with Crippen molar-refractivity contribution in [3.8, 4) is 5.75 Å². The van der Waals surface area contributed by atoms with Gasteiger partial charge in [-0.05, 0) is 29.9 Å². The molecule has 0 saturated heterocycles. The van der Waals surface area contributed by atoms with E-state index >= 15 is 0 Å². The Morgan fingerprint density at radius 3 is 2.65 bits per heavy atom. The van der Waals surface area contributed by atoms with E-state index in [0.29, 0.717) is 36.1 Å². The smallest absolute Gasteiger partial charge is 0.268 e. The maximum Gasteiger partial charge on any atom is 0.268 e. The summed E-state index contributed by atoms with van der Waals surface area (Å²) in [6.45, 7) is 0.698. The van der Waals surface area contributed by atoms with Crippen LogP contribution in [0, 0.1) is 0 Å². The van der Waals surface area contributed by atoms with Gasteiger partial charge in [-0.1, -0.05) is 30.3 Å². The van der Waals surface area contributed by atoms with Gasteiger partial charge in [0.2, 0.25) is 0 Å². The summed E-state index contributed by atoms with van der Waals surface area (Å²) in [5, 5.41) is 23.7. The van der Waals surface area contributed by atoms with Crippen LogP contribution in [0.3, 0.4) is 0 Å². The summed E-state index contributed by atoms with van der Waals surface area (Å²) in [7, 11) is 0. The molecule has 3 rings (SSSR count). The molecule has 0 bridgehead atoms. The first kappa shape index (κ1) is 18.2. The molecule has 0 aliphatic heterocycles. The second kappa shape index (κ2) is 8.16. The lowest BCUT2D eigenvalue weighted by Crippen LogP contribution is -2.34. The zero-order valence-corrected chi connectivity index (χ0v) is 15.0. The highest BCUT2D eigenvalue weighted by Crippen LogP contribution is 2.31. The first-order valence-corrected chi connectivity index (χ1v) is 9.27. The van der Waals surface area contributed by atoms with Gasteiger partial charge in [0.15, 0.2) is 5.75 Å². The van der Waals surface area contributed by atoms with Gasteiger partial charge in [0, 0.05) is 13.2 Å². The molecule has 1 amide bonds. The Morgan fingerprint density at radius 1 is 1.15 bits per heavy atom. The first-order valence-electron chi connectivity index (χ1n) is 8.39. The van der Waals surface area contributed by atoms with E-state index in [9.17, 15) is 14.7 Å². The average Bonchev–Trinajstić information content (AvgIpc) is 3.13. The summed E-state index contributed by atoms with van der Waals surface area (Å²) in [6, 6.07) is 11.3. The van der Waals surface area contributed by atoms with Gasteiger partial charge in [0.05, 0.1) is 16.8 Å². The number of fused-ring (bicyclic) bond motifs is 1. The fourth-order valence-electron chi connectivity index (χ4n) is 2.81. The van der Waals surface area contributed by atoms with Crippen molar-refractivity contribution in [1.82, 2.24) is 9.88 Å². The standard InChI is InChI=1S/C19H20N2O4S/c22-10-5-4-9-20-18(24)15-16(23)17-14(8-11-26-17)21(19(15)25)12-13-6-2-1-3-7-13/h1-3,6-8,11,22-23H,4-5,9-10,12H2,(H,20,24). The third-order valence-electron chi connectivity index (χ3n) is 4.13. The number of thiophene rings is 1. The maximum absolute atomic E-state index is 12.9. The predicted molar refractivity (Wildman–Crippen MR) is 102 cm³/mol. The van der Waals surface area contributed by atoms with Crippen molar-refractivity contribution < 1.29 is 15.0 Å². The predicted octanol–water partition coefficient (Wildman–Crippen LogP) is 2.32. The zero-order chi connectivity index (χ0) is 18.5. The van der Waals surface area contributed by atoms with E-state index in [1.54, 1.807) is 11.4 Å². The Bertz CT molecular complexity index is 963. The molecule has 0 fully saturated rings. The number of pyridine rings is 1. The van der Waals surface area contributed by atoms with E-state index in [2.05, 4.69) is 5.32 Å². The summed E-state index contributed by atoms with van der Waals surface area (Å²) in [5.74, 6) is -0.869. The van der Waals surface area contributed by atoms with Crippen LogP contribution in [0.2, 0.25) is 0 Å². The number of benzene rings is 1. The molecule has 26 heavy (non-hydrogen) atoms. The lowest BCUT2D eigenvalue weighted by molar-refractivity contribution is 0.0947. The maximum atomic E-state index is 12.9. The van der Waals surface area contributed by atoms with E-state index in [0.717, 1.165) is 5.56 Å². The number of aromatic hydroxyl groups is 1. The molecule has 0 spiro atoms. The van der Waals surface area contributed by atoms with Gasteiger partial charge in [0.1, 0.15) is 5.56 Å². The number of carbonyl (C=O) groups is 1. The molecule has 1 aromatic carbocycles. The molecule has 136 valence electrons. The summed E-state index contributed by atoms with van der Waals surface area (Å²) in [5.41, 5.74) is 0.789. The van der Waals surface area contributed by atoms with Gasteiger partial charge in [-0.2, -0.15) is 0 Å². The number of aromatic nitrogens is 1. The van der Waals surface area contributed by atoms with Crippen molar-refractivity contribution in [3.63, 3.8) is 0 Å². The number of nitrogens with zero attached hydrogens (tertiary/aromatic N) is 1. The number of amides is 1. The Hall–Kier alpha value is -2.64. The molecule has 3 N–H and O–H groups in total. The van der Waals surface area contributed by atoms with Crippen LogP contribution in [0.15, 0.2) is 46.6 Å². The molecule has 0 saturated carbocycles. The van der Waals surface area contributed by atoms with Crippen molar-refractivity contribution in [2.75, 3.05) is 13.2 Å².